The molecule has 0 amide bonds. The van der Waals surface area contributed by atoms with Gasteiger partial charge < -0.3 is 4.74 Å². The average Bonchev–Trinajstić information content (AvgIpc) is 2.56. The molecule has 24 heavy (non-hydrogen) atoms. The average molecular weight is 362 g/mol. The Morgan fingerprint density at radius 2 is 1.83 bits per heavy atom. The first-order valence-corrected chi connectivity index (χ1v) is 8.71. The summed E-state index contributed by atoms with van der Waals surface area (Å²) in [6.45, 7) is 0. The third kappa shape index (κ3) is 4.01. The van der Waals surface area contributed by atoms with E-state index in [0.29, 0.717) is 22.3 Å². The van der Waals surface area contributed by atoms with E-state index >= 15 is 0 Å². The molecular weight excluding hydrogens is 350 g/mol. The summed E-state index contributed by atoms with van der Waals surface area (Å²) in [6.07, 6.45) is 4.50. The second-order valence-corrected chi connectivity index (χ2v) is 6.85. The molecule has 0 spiro atoms. The number of sulfonamides is 1. The van der Waals surface area contributed by atoms with Crippen molar-refractivity contribution in [3.8, 4) is 11.6 Å². The van der Waals surface area contributed by atoms with Crippen molar-refractivity contribution in [1.29, 1.82) is 0 Å². The van der Waals surface area contributed by atoms with Crippen LogP contribution in [0.4, 0.5) is 5.69 Å². The van der Waals surface area contributed by atoms with Gasteiger partial charge in [0.05, 0.1) is 16.8 Å². The molecule has 122 valence electrons. The van der Waals surface area contributed by atoms with Crippen LogP contribution >= 0.6 is 11.6 Å². The van der Waals surface area contributed by atoms with E-state index in [-0.39, 0.29) is 4.90 Å². The Bertz CT molecular complexity index is 932. The summed E-state index contributed by atoms with van der Waals surface area (Å²) in [5.41, 5.74) is 0.367. The summed E-state index contributed by atoms with van der Waals surface area (Å²) in [4.78, 5) is 8.02. The minimum atomic E-state index is -3.71. The molecule has 0 bridgehead atoms. The van der Waals surface area contributed by atoms with Gasteiger partial charge in [0.25, 0.3) is 10.0 Å². The van der Waals surface area contributed by atoms with Crippen LogP contribution < -0.4 is 9.46 Å². The fourth-order valence-corrected chi connectivity index (χ4v) is 3.09. The van der Waals surface area contributed by atoms with Crippen LogP contribution in [0.3, 0.4) is 0 Å². The lowest BCUT2D eigenvalue weighted by molar-refractivity contribution is 0.460. The largest absolute Gasteiger partial charge is 0.437 e. The Balaban J connectivity index is 1.80. The summed E-state index contributed by atoms with van der Waals surface area (Å²) in [7, 11) is -3.71. The first kappa shape index (κ1) is 16.2. The molecule has 0 atom stereocenters. The second-order valence-electron chi connectivity index (χ2n) is 4.73. The number of rotatable bonds is 5. The molecule has 1 heterocycles. The van der Waals surface area contributed by atoms with Crippen molar-refractivity contribution in [2.24, 2.45) is 0 Å². The van der Waals surface area contributed by atoms with Gasteiger partial charge in [-0.3, -0.25) is 9.71 Å². The van der Waals surface area contributed by atoms with Crippen molar-refractivity contribution in [1.82, 2.24) is 9.97 Å². The third-order valence-electron chi connectivity index (χ3n) is 2.97. The molecule has 0 saturated carbocycles. The number of hydrogen-bond acceptors (Lipinski definition) is 5. The van der Waals surface area contributed by atoms with Crippen molar-refractivity contribution in [2.75, 3.05) is 4.72 Å². The Morgan fingerprint density at radius 1 is 1.04 bits per heavy atom. The predicted octanol–water partition coefficient (Wildman–Crippen LogP) is 3.72. The molecule has 2 aromatic carbocycles. The highest BCUT2D eigenvalue weighted by molar-refractivity contribution is 7.92. The second kappa shape index (κ2) is 6.86. The molecule has 0 fully saturated rings. The fourth-order valence-electron chi connectivity index (χ4n) is 1.91. The van der Waals surface area contributed by atoms with Gasteiger partial charge in [-0.05, 0) is 36.4 Å². The summed E-state index contributed by atoms with van der Waals surface area (Å²) in [5.74, 6) is 0.752. The number of anilines is 1. The van der Waals surface area contributed by atoms with Crippen LogP contribution in [-0.4, -0.2) is 18.4 Å². The highest BCUT2D eigenvalue weighted by atomic mass is 35.5. The van der Waals surface area contributed by atoms with Gasteiger partial charge in [0.15, 0.2) is 0 Å². The molecule has 3 rings (SSSR count). The van der Waals surface area contributed by atoms with Gasteiger partial charge in [0, 0.05) is 23.5 Å². The van der Waals surface area contributed by atoms with Crippen LogP contribution in [0.2, 0.25) is 5.02 Å². The zero-order valence-electron chi connectivity index (χ0n) is 12.3. The summed E-state index contributed by atoms with van der Waals surface area (Å²) >= 11 is 5.78. The lowest BCUT2D eigenvalue weighted by atomic mass is 10.3. The molecule has 3 aromatic rings. The Hall–Kier alpha value is -2.64. The van der Waals surface area contributed by atoms with Gasteiger partial charge in [-0.25, -0.2) is 13.4 Å². The van der Waals surface area contributed by atoms with E-state index in [9.17, 15) is 8.42 Å². The molecule has 0 unspecified atom stereocenters. The minimum Gasteiger partial charge on any atom is -0.437 e. The Labute approximate surface area is 144 Å². The number of hydrogen-bond donors (Lipinski definition) is 1. The van der Waals surface area contributed by atoms with Crippen LogP contribution in [0.25, 0.3) is 0 Å². The molecule has 0 radical (unpaired) electrons. The molecule has 0 aliphatic rings. The predicted molar refractivity (Wildman–Crippen MR) is 90.8 cm³/mol. The maximum Gasteiger partial charge on any atom is 0.261 e. The number of aromatic nitrogens is 2. The Kier molecular flexibility index (Phi) is 4.64. The van der Waals surface area contributed by atoms with E-state index in [2.05, 4.69) is 14.7 Å². The van der Waals surface area contributed by atoms with Crippen LogP contribution in [0.15, 0.2) is 72.0 Å². The highest BCUT2D eigenvalue weighted by Crippen LogP contribution is 2.24. The summed E-state index contributed by atoms with van der Waals surface area (Å²) in [5, 5.41) is 0.466. The quantitative estimate of drug-likeness (QED) is 0.749. The van der Waals surface area contributed by atoms with Crippen LogP contribution in [0.1, 0.15) is 0 Å². The monoisotopic (exact) mass is 361 g/mol. The Morgan fingerprint density at radius 3 is 2.54 bits per heavy atom. The van der Waals surface area contributed by atoms with E-state index in [4.69, 9.17) is 16.3 Å². The van der Waals surface area contributed by atoms with E-state index in [1.54, 1.807) is 24.3 Å². The van der Waals surface area contributed by atoms with E-state index in [1.165, 1.54) is 42.9 Å². The van der Waals surface area contributed by atoms with E-state index < -0.39 is 10.0 Å². The van der Waals surface area contributed by atoms with Gasteiger partial charge in [-0.2, -0.15) is 0 Å². The van der Waals surface area contributed by atoms with Crippen molar-refractivity contribution < 1.29 is 13.2 Å². The number of nitrogens with one attached hydrogen (secondary N) is 1. The standard InChI is InChI=1S/C16H12ClN3O3S/c17-12-4-6-15(7-5-12)24(21,22)20-13-2-1-3-14(10-13)23-16-11-18-8-9-19-16/h1-11,20H. The number of benzene rings is 2. The third-order valence-corrected chi connectivity index (χ3v) is 4.62. The molecule has 0 aliphatic carbocycles. The smallest absolute Gasteiger partial charge is 0.261 e. The normalized spacial score (nSPS) is 11.0. The van der Waals surface area contributed by atoms with Crippen molar-refractivity contribution in [3.63, 3.8) is 0 Å². The topological polar surface area (TPSA) is 81.2 Å². The lowest BCUT2D eigenvalue weighted by Gasteiger charge is -2.10. The zero-order chi connectivity index (χ0) is 17.0. The fraction of sp³-hybridized carbons (Fsp3) is 0. The summed E-state index contributed by atoms with van der Waals surface area (Å²) in [6, 6.07) is 12.4. The molecule has 1 N–H and O–H groups in total. The highest BCUT2D eigenvalue weighted by Gasteiger charge is 2.14. The van der Waals surface area contributed by atoms with Crippen molar-refractivity contribution in [3.05, 3.63) is 72.1 Å². The first-order chi connectivity index (χ1) is 11.5. The van der Waals surface area contributed by atoms with Crippen LogP contribution in [0, 0.1) is 0 Å². The number of halogens is 1. The van der Waals surface area contributed by atoms with Gasteiger partial charge in [-0.1, -0.05) is 17.7 Å². The van der Waals surface area contributed by atoms with Gasteiger partial charge in [0.2, 0.25) is 5.88 Å². The molecule has 8 heteroatoms. The van der Waals surface area contributed by atoms with Gasteiger partial charge in [0.1, 0.15) is 5.75 Å². The maximum absolute atomic E-state index is 12.4. The van der Waals surface area contributed by atoms with E-state index in [1.807, 2.05) is 0 Å². The molecule has 6 nitrogen and oxygen atoms in total. The van der Waals surface area contributed by atoms with Gasteiger partial charge >= 0.3 is 0 Å². The molecule has 0 saturated heterocycles. The molecule has 1 aromatic heterocycles. The molecular formula is C16H12ClN3O3S. The first-order valence-electron chi connectivity index (χ1n) is 6.85. The SMILES string of the molecule is O=S(=O)(Nc1cccc(Oc2cnccn2)c1)c1ccc(Cl)cc1. The van der Waals surface area contributed by atoms with Crippen LogP contribution in [0.5, 0.6) is 11.6 Å². The van der Waals surface area contributed by atoms with Crippen LogP contribution in [-0.2, 0) is 10.0 Å². The maximum atomic E-state index is 12.4. The number of nitrogens with zero attached hydrogens (tertiary/aromatic N) is 2. The van der Waals surface area contributed by atoms with Gasteiger partial charge in [-0.15, -0.1) is 0 Å². The lowest BCUT2D eigenvalue weighted by Crippen LogP contribution is -2.12. The minimum absolute atomic E-state index is 0.118. The number of ether oxygens (including phenoxy) is 1. The van der Waals surface area contributed by atoms with Crippen molar-refractivity contribution in [2.45, 2.75) is 4.90 Å². The van der Waals surface area contributed by atoms with Crippen molar-refractivity contribution >= 4 is 27.3 Å². The molecule has 0 aliphatic heterocycles. The zero-order valence-corrected chi connectivity index (χ0v) is 13.8. The summed E-state index contributed by atoms with van der Waals surface area (Å²) < 4.78 is 32.8. The van der Waals surface area contributed by atoms with E-state index in [0.717, 1.165) is 0 Å².